The fourth-order valence-corrected chi connectivity index (χ4v) is 4.04. The van der Waals surface area contributed by atoms with E-state index in [-0.39, 0.29) is 22.9 Å². The highest BCUT2D eigenvalue weighted by molar-refractivity contribution is 5.93. The summed E-state index contributed by atoms with van der Waals surface area (Å²) in [5, 5.41) is 18.7. The van der Waals surface area contributed by atoms with E-state index in [0.29, 0.717) is 18.6 Å². The summed E-state index contributed by atoms with van der Waals surface area (Å²) in [5.74, 6) is 0. The Kier molecular flexibility index (Phi) is 3.64. The molecule has 0 amide bonds. The van der Waals surface area contributed by atoms with E-state index in [2.05, 4.69) is 20.2 Å². The Balaban J connectivity index is 1.44. The summed E-state index contributed by atoms with van der Waals surface area (Å²) in [4.78, 5) is 28.1. The molecule has 1 saturated heterocycles. The van der Waals surface area contributed by atoms with Crippen molar-refractivity contribution >= 4 is 33.4 Å². The van der Waals surface area contributed by atoms with Crippen molar-refractivity contribution in [3.63, 3.8) is 0 Å². The second kappa shape index (κ2) is 6.19. The Morgan fingerprint density at radius 2 is 1.86 bits per heavy atom. The molecule has 0 aliphatic carbocycles. The number of piperidine rings is 1. The first-order chi connectivity index (χ1) is 13.6. The minimum atomic E-state index is -0.494. The predicted octanol–water partition coefficient (Wildman–Crippen LogP) is 2.62. The topological polar surface area (TPSA) is 123 Å². The molecule has 10 nitrogen and oxygen atoms in total. The van der Waals surface area contributed by atoms with Gasteiger partial charge in [0.05, 0.1) is 21.6 Å². The number of nitrogens with zero attached hydrogens (tertiary/aromatic N) is 5. The molecule has 1 aliphatic rings. The second-order valence-electron chi connectivity index (χ2n) is 6.86. The van der Waals surface area contributed by atoms with Crippen molar-refractivity contribution in [2.24, 2.45) is 0 Å². The Morgan fingerprint density at radius 1 is 1.11 bits per heavy atom. The molecule has 142 valence electrons. The normalized spacial score (nSPS) is 15.5. The highest BCUT2D eigenvalue weighted by atomic mass is 16.6. The lowest BCUT2D eigenvalue weighted by atomic mass is 10.0. The van der Waals surface area contributed by atoms with Crippen molar-refractivity contribution in [3.8, 4) is 0 Å². The van der Waals surface area contributed by atoms with Gasteiger partial charge < -0.3 is 9.88 Å². The van der Waals surface area contributed by atoms with Crippen LogP contribution in [0.5, 0.6) is 0 Å². The first-order valence-corrected chi connectivity index (χ1v) is 8.97. The maximum atomic E-state index is 12.4. The number of hydrogen-bond donors (Lipinski definition) is 1. The van der Waals surface area contributed by atoms with E-state index in [1.54, 1.807) is 6.07 Å². The molecule has 5 rings (SSSR count). The van der Waals surface area contributed by atoms with Crippen LogP contribution in [0, 0.1) is 10.1 Å². The number of fused-ring (bicyclic) bond motifs is 2. The lowest BCUT2D eigenvalue weighted by Crippen LogP contribution is -2.37. The van der Waals surface area contributed by atoms with E-state index in [0.717, 1.165) is 29.6 Å². The van der Waals surface area contributed by atoms with Crippen molar-refractivity contribution in [1.29, 1.82) is 0 Å². The molecule has 2 aromatic carbocycles. The van der Waals surface area contributed by atoms with Crippen LogP contribution in [-0.2, 0) is 0 Å². The van der Waals surface area contributed by atoms with E-state index in [1.165, 1.54) is 6.07 Å². The van der Waals surface area contributed by atoms with Crippen LogP contribution in [0.3, 0.4) is 0 Å². The van der Waals surface area contributed by atoms with Gasteiger partial charge in [0.25, 0.3) is 0 Å². The predicted molar refractivity (Wildman–Crippen MR) is 102 cm³/mol. The smallest absolute Gasteiger partial charge is 0.326 e. The zero-order chi connectivity index (χ0) is 19.3. The Hall–Kier alpha value is -3.69. The molecule has 0 radical (unpaired) electrons. The fraction of sp³-hybridized carbons (Fsp3) is 0.278. The number of anilines is 1. The van der Waals surface area contributed by atoms with Crippen molar-refractivity contribution < 1.29 is 9.55 Å². The van der Waals surface area contributed by atoms with Crippen LogP contribution in [0.1, 0.15) is 18.9 Å². The number of benzene rings is 2. The molecule has 1 N–H and O–H groups in total. The highest BCUT2D eigenvalue weighted by Gasteiger charge is 2.27. The van der Waals surface area contributed by atoms with Gasteiger partial charge in [0.2, 0.25) is 5.52 Å². The van der Waals surface area contributed by atoms with Gasteiger partial charge in [-0.15, -0.1) is 0 Å². The average Bonchev–Trinajstić information content (AvgIpc) is 3.31. The number of para-hydroxylation sites is 2. The van der Waals surface area contributed by atoms with Crippen molar-refractivity contribution in [3.05, 3.63) is 57.0 Å². The first kappa shape index (κ1) is 16.5. The number of nitro benzene ring substituents is 1. The third-order valence-corrected chi connectivity index (χ3v) is 5.36. The van der Waals surface area contributed by atoms with Gasteiger partial charge in [-0.05, 0) is 41.4 Å². The number of nitrogens with one attached hydrogen (secondary N) is 1. The van der Waals surface area contributed by atoms with Gasteiger partial charge in [-0.2, -0.15) is 0 Å². The fourth-order valence-electron chi connectivity index (χ4n) is 4.04. The van der Waals surface area contributed by atoms with E-state index in [9.17, 15) is 14.9 Å². The number of hydrogen-bond acceptors (Lipinski definition) is 7. The highest BCUT2D eigenvalue weighted by Crippen LogP contribution is 2.34. The van der Waals surface area contributed by atoms with Crippen molar-refractivity contribution in [2.75, 3.05) is 18.0 Å². The largest absolute Gasteiger partial charge is 0.369 e. The lowest BCUT2D eigenvalue weighted by Gasteiger charge is -2.34. The molecular formula is C18H16N6O4. The van der Waals surface area contributed by atoms with Crippen LogP contribution < -0.4 is 10.6 Å². The molecule has 1 aliphatic heterocycles. The van der Waals surface area contributed by atoms with Gasteiger partial charge in [0.1, 0.15) is 0 Å². The summed E-state index contributed by atoms with van der Waals surface area (Å²) in [7, 11) is 0. The van der Waals surface area contributed by atoms with E-state index in [4.69, 9.17) is 4.63 Å². The monoisotopic (exact) mass is 380 g/mol. The minimum Gasteiger partial charge on any atom is -0.369 e. The number of non-ortho nitro benzene ring substituents is 1. The van der Waals surface area contributed by atoms with Gasteiger partial charge in [-0.3, -0.25) is 14.7 Å². The molecule has 3 heterocycles. The third-order valence-electron chi connectivity index (χ3n) is 5.36. The minimum absolute atomic E-state index is 0.0869. The second-order valence-corrected chi connectivity index (χ2v) is 6.86. The molecule has 0 spiro atoms. The standard InChI is InChI=1S/C18H16N6O4/c25-18-19-12-3-1-2-4-13(12)23(18)11-7-9-22(10-8-11)14-5-6-15(24(26)27)17-16(14)20-28-21-17/h1-6,11H,7-10H2,(H,19,25). The summed E-state index contributed by atoms with van der Waals surface area (Å²) in [6, 6.07) is 10.9. The molecule has 10 heteroatoms. The maximum absolute atomic E-state index is 12.4. The lowest BCUT2D eigenvalue weighted by molar-refractivity contribution is -0.383. The van der Waals surface area contributed by atoms with Crippen molar-refractivity contribution in [2.45, 2.75) is 18.9 Å². The summed E-state index contributed by atoms with van der Waals surface area (Å²) in [6.07, 6.45) is 1.54. The SMILES string of the molecule is O=c1[nH]c2ccccc2n1C1CCN(c2ccc([N+](=O)[O-])c3nonc23)CC1. The first-order valence-electron chi connectivity index (χ1n) is 8.97. The summed E-state index contributed by atoms with van der Waals surface area (Å²) in [5.41, 5.74) is 2.81. The average molecular weight is 380 g/mol. The maximum Gasteiger partial charge on any atom is 0.326 e. The molecule has 0 unspecified atom stereocenters. The zero-order valence-corrected chi connectivity index (χ0v) is 14.7. The molecule has 1 fully saturated rings. The Labute approximate surface area is 157 Å². The molecule has 4 aromatic rings. The molecule has 0 bridgehead atoms. The number of H-pyrrole nitrogens is 1. The van der Waals surface area contributed by atoms with E-state index < -0.39 is 4.92 Å². The zero-order valence-electron chi connectivity index (χ0n) is 14.7. The van der Waals surface area contributed by atoms with Crippen LogP contribution in [0.15, 0.2) is 45.8 Å². The van der Waals surface area contributed by atoms with Crippen LogP contribution in [0.25, 0.3) is 22.1 Å². The van der Waals surface area contributed by atoms with Crippen LogP contribution >= 0.6 is 0 Å². The number of aromatic amines is 1. The molecule has 2 aromatic heterocycles. The van der Waals surface area contributed by atoms with Crippen molar-refractivity contribution in [1.82, 2.24) is 19.9 Å². The molecular weight excluding hydrogens is 364 g/mol. The third kappa shape index (κ3) is 2.45. The number of imidazole rings is 1. The quantitative estimate of drug-likeness (QED) is 0.428. The Bertz CT molecular complexity index is 1250. The molecule has 0 atom stereocenters. The van der Waals surface area contributed by atoms with Gasteiger partial charge in [-0.25, -0.2) is 9.42 Å². The van der Waals surface area contributed by atoms with Crippen LogP contribution in [-0.4, -0.2) is 37.9 Å². The van der Waals surface area contributed by atoms with Gasteiger partial charge in [0, 0.05) is 25.2 Å². The van der Waals surface area contributed by atoms with Gasteiger partial charge in [0.15, 0.2) is 5.52 Å². The van der Waals surface area contributed by atoms with Crippen LogP contribution in [0.4, 0.5) is 11.4 Å². The van der Waals surface area contributed by atoms with E-state index in [1.807, 2.05) is 28.8 Å². The molecule has 0 saturated carbocycles. The molecule has 28 heavy (non-hydrogen) atoms. The number of nitro groups is 1. The Morgan fingerprint density at radius 3 is 2.64 bits per heavy atom. The summed E-state index contributed by atoms with van der Waals surface area (Å²) < 4.78 is 6.58. The van der Waals surface area contributed by atoms with Gasteiger partial charge >= 0.3 is 11.4 Å². The van der Waals surface area contributed by atoms with E-state index >= 15 is 0 Å². The summed E-state index contributed by atoms with van der Waals surface area (Å²) >= 11 is 0. The summed E-state index contributed by atoms with van der Waals surface area (Å²) in [6.45, 7) is 1.38. The van der Waals surface area contributed by atoms with Gasteiger partial charge in [-0.1, -0.05) is 12.1 Å². The number of aromatic nitrogens is 4. The number of rotatable bonds is 3. The van der Waals surface area contributed by atoms with Crippen LogP contribution in [0.2, 0.25) is 0 Å².